The number of halogens is 1. The minimum absolute atomic E-state index is 0.366. The van der Waals surface area contributed by atoms with E-state index in [1.807, 2.05) is 36.2 Å². The predicted molar refractivity (Wildman–Crippen MR) is 86.4 cm³/mol. The van der Waals surface area contributed by atoms with Crippen molar-refractivity contribution >= 4 is 39.0 Å². The van der Waals surface area contributed by atoms with Crippen molar-refractivity contribution in [3.8, 4) is 0 Å². The summed E-state index contributed by atoms with van der Waals surface area (Å²) in [6.07, 6.45) is 1.75. The molecule has 2 rings (SSSR count). The van der Waals surface area contributed by atoms with Crippen LogP contribution >= 0.6 is 28.1 Å². The van der Waals surface area contributed by atoms with Gasteiger partial charge in [0.1, 0.15) is 10.8 Å². The van der Waals surface area contributed by atoms with Gasteiger partial charge in [-0.1, -0.05) is 40.3 Å². The highest BCUT2D eigenvalue weighted by Gasteiger charge is 2.10. The summed E-state index contributed by atoms with van der Waals surface area (Å²) >= 11 is 8.48. The second-order valence-electron chi connectivity index (χ2n) is 4.22. The summed E-state index contributed by atoms with van der Waals surface area (Å²) in [6.45, 7) is 0.750. The average Bonchev–Trinajstić information content (AvgIpc) is 2.41. The van der Waals surface area contributed by atoms with Gasteiger partial charge < -0.3 is 10.6 Å². The molecule has 2 aromatic rings. The maximum atomic E-state index is 5.72. The molecule has 0 aliphatic carbocycles. The number of hydrogen-bond acceptors (Lipinski definition) is 3. The van der Waals surface area contributed by atoms with Gasteiger partial charge in [-0.05, 0) is 29.8 Å². The fourth-order valence-corrected chi connectivity index (χ4v) is 2.26. The van der Waals surface area contributed by atoms with Crippen LogP contribution in [0.2, 0.25) is 0 Å². The van der Waals surface area contributed by atoms with Crippen LogP contribution in [0.5, 0.6) is 0 Å². The largest absolute Gasteiger partial charge is 0.389 e. The van der Waals surface area contributed by atoms with Crippen molar-refractivity contribution in [3.63, 3.8) is 0 Å². The molecule has 0 aliphatic rings. The van der Waals surface area contributed by atoms with E-state index in [0.717, 1.165) is 22.4 Å². The lowest BCUT2D eigenvalue weighted by molar-refractivity contribution is 0.896. The molecule has 0 atom stereocenters. The van der Waals surface area contributed by atoms with Crippen molar-refractivity contribution in [1.82, 2.24) is 4.98 Å². The Labute approximate surface area is 126 Å². The normalized spacial score (nSPS) is 10.2. The third-order valence-electron chi connectivity index (χ3n) is 2.75. The van der Waals surface area contributed by atoms with Crippen LogP contribution in [-0.2, 0) is 6.54 Å². The second-order valence-corrected chi connectivity index (χ2v) is 5.58. The first-order valence-electron chi connectivity index (χ1n) is 5.78. The molecule has 0 unspecified atom stereocenters. The summed E-state index contributed by atoms with van der Waals surface area (Å²) in [5.41, 5.74) is 7.73. The molecular weight excluding hydrogens is 322 g/mol. The Balaban J connectivity index is 2.22. The van der Waals surface area contributed by atoms with Crippen molar-refractivity contribution in [2.45, 2.75) is 6.54 Å². The molecule has 98 valence electrons. The van der Waals surface area contributed by atoms with Crippen LogP contribution in [0.15, 0.2) is 47.1 Å². The van der Waals surface area contributed by atoms with Crippen LogP contribution in [0, 0.1) is 0 Å². The maximum Gasteiger partial charge on any atom is 0.138 e. The Morgan fingerprint density at radius 2 is 2.00 bits per heavy atom. The molecule has 0 amide bonds. The highest BCUT2D eigenvalue weighted by molar-refractivity contribution is 9.10. The van der Waals surface area contributed by atoms with Gasteiger partial charge in [0.25, 0.3) is 0 Å². The van der Waals surface area contributed by atoms with Crippen LogP contribution in [0.1, 0.15) is 11.1 Å². The first-order valence-corrected chi connectivity index (χ1v) is 6.98. The molecule has 3 nitrogen and oxygen atoms in total. The average molecular weight is 336 g/mol. The van der Waals surface area contributed by atoms with E-state index in [2.05, 4.69) is 33.0 Å². The molecule has 1 heterocycles. The van der Waals surface area contributed by atoms with Gasteiger partial charge in [0, 0.05) is 24.3 Å². The van der Waals surface area contributed by atoms with Crippen LogP contribution in [0.25, 0.3) is 0 Å². The molecule has 0 radical (unpaired) electrons. The SMILES string of the molecule is CN(Cc1ccc(Br)cc1)c1ncccc1C(N)=S. The number of nitrogens with zero attached hydrogens (tertiary/aromatic N) is 2. The van der Waals surface area contributed by atoms with Crippen LogP contribution in [0.3, 0.4) is 0 Å². The zero-order chi connectivity index (χ0) is 13.8. The molecule has 0 saturated heterocycles. The summed E-state index contributed by atoms with van der Waals surface area (Å²) in [4.78, 5) is 6.77. The molecule has 0 spiro atoms. The third kappa shape index (κ3) is 3.52. The lowest BCUT2D eigenvalue weighted by Crippen LogP contribution is -2.22. The van der Waals surface area contributed by atoms with Gasteiger partial charge in [0.2, 0.25) is 0 Å². The van der Waals surface area contributed by atoms with Crippen LogP contribution < -0.4 is 10.6 Å². The first kappa shape index (κ1) is 14.0. The number of pyridine rings is 1. The van der Waals surface area contributed by atoms with Gasteiger partial charge in [0.05, 0.1) is 5.56 Å². The van der Waals surface area contributed by atoms with Gasteiger partial charge in [-0.3, -0.25) is 0 Å². The standard InChI is InChI=1S/C14H14BrN3S/c1-18(9-10-4-6-11(15)7-5-10)14-12(13(16)19)3-2-8-17-14/h2-8H,9H2,1H3,(H2,16,19). The fourth-order valence-electron chi connectivity index (χ4n) is 1.83. The predicted octanol–water partition coefficient (Wildman–Crippen LogP) is 3.11. The summed E-state index contributed by atoms with van der Waals surface area (Å²) in [6, 6.07) is 11.9. The van der Waals surface area contributed by atoms with Crippen molar-refractivity contribution in [3.05, 3.63) is 58.2 Å². The Kier molecular flexibility index (Phi) is 4.50. The molecule has 1 aromatic carbocycles. The Morgan fingerprint density at radius 1 is 1.32 bits per heavy atom. The van der Waals surface area contributed by atoms with Gasteiger partial charge in [-0.2, -0.15) is 0 Å². The Bertz CT molecular complexity index is 583. The zero-order valence-corrected chi connectivity index (χ0v) is 12.9. The van der Waals surface area contributed by atoms with E-state index < -0.39 is 0 Å². The number of thiocarbonyl (C=S) groups is 1. The number of rotatable bonds is 4. The molecule has 0 saturated carbocycles. The minimum Gasteiger partial charge on any atom is -0.389 e. The summed E-state index contributed by atoms with van der Waals surface area (Å²) < 4.78 is 1.07. The van der Waals surface area contributed by atoms with E-state index in [-0.39, 0.29) is 0 Å². The molecule has 1 aromatic heterocycles. The van der Waals surface area contributed by atoms with Crippen molar-refractivity contribution in [2.24, 2.45) is 5.73 Å². The molecule has 19 heavy (non-hydrogen) atoms. The monoisotopic (exact) mass is 335 g/mol. The molecule has 5 heteroatoms. The minimum atomic E-state index is 0.366. The summed E-state index contributed by atoms with van der Waals surface area (Å²) in [7, 11) is 1.98. The Hall–Kier alpha value is -1.46. The number of anilines is 1. The maximum absolute atomic E-state index is 5.72. The van der Waals surface area contributed by atoms with E-state index in [1.54, 1.807) is 6.20 Å². The van der Waals surface area contributed by atoms with Crippen LogP contribution in [-0.4, -0.2) is 17.0 Å². The quantitative estimate of drug-likeness (QED) is 0.871. The highest BCUT2D eigenvalue weighted by Crippen LogP contribution is 2.19. The lowest BCUT2D eigenvalue weighted by Gasteiger charge is -2.20. The number of benzene rings is 1. The number of nitrogens with two attached hydrogens (primary N) is 1. The van der Waals surface area contributed by atoms with Crippen LogP contribution in [0.4, 0.5) is 5.82 Å². The Morgan fingerprint density at radius 3 is 2.63 bits per heavy atom. The molecule has 0 fully saturated rings. The molecule has 0 bridgehead atoms. The number of aromatic nitrogens is 1. The van der Waals surface area contributed by atoms with Gasteiger partial charge >= 0.3 is 0 Å². The molecule has 0 aliphatic heterocycles. The second kappa shape index (κ2) is 6.12. The van der Waals surface area contributed by atoms with E-state index in [1.165, 1.54) is 5.56 Å². The topological polar surface area (TPSA) is 42.2 Å². The molecule has 2 N–H and O–H groups in total. The van der Waals surface area contributed by atoms with Gasteiger partial charge in [-0.25, -0.2) is 4.98 Å². The van der Waals surface area contributed by atoms with Crippen molar-refractivity contribution in [1.29, 1.82) is 0 Å². The summed E-state index contributed by atoms with van der Waals surface area (Å²) in [5, 5.41) is 0. The third-order valence-corrected chi connectivity index (χ3v) is 3.50. The summed E-state index contributed by atoms with van der Waals surface area (Å²) in [5.74, 6) is 0.804. The van der Waals surface area contributed by atoms with Crippen molar-refractivity contribution in [2.75, 3.05) is 11.9 Å². The van der Waals surface area contributed by atoms with Gasteiger partial charge in [-0.15, -0.1) is 0 Å². The first-order chi connectivity index (χ1) is 9.08. The van der Waals surface area contributed by atoms with E-state index >= 15 is 0 Å². The van der Waals surface area contributed by atoms with Crippen molar-refractivity contribution < 1.29 is 0 Å². The lowest BCUT2D eigenvalue weighted by atomic mass is 10.2. The smallest absolute Gasteiger partial charge is 0.138 e. The van der Waals surface area contributed by atoms with Gasteiger partial charge in [0.15, 0.2) is 0 Å². The molecular formula is C14H14BrN3S. The fraction of sp³-hybridized carbons (Fsp3) is 0.143. The van der Waals surface area contributed by atoms with E-state index in [4.69, 9.17) is 18.0 Å². The zero-order valence-electron chi connectivity index (χ0n) is 10.5. The van der Waals surface area contributed by atoms with E-state index in [9.17, 15) is 0 Å². The highest BCUT2D eigenvalue weighted by atomic mass is 79.9. The van der Waals surface area contributed by atoms with E-state index in [0.29, 0.717) is 4.99 Å². The number of hydrogen-bond donors (Lipinski definition) is 1.